The Balaban J connectivity index is 1.23. The van der Waals surface area contributed by atoms with Gasteiger partial charge in [-0.15, -0.1) is 0 Å². The number of nitrogens with one attached hydrogen (secondary N) is 1. The van der Waals surface area contributed by atoms with Crippen LogP contribution in [-0.2, 0) is 53.9 Å². The summed E-state index contributed by atoms with van der Waals surface area (Å²) in [6, 6.07) is 5.13. The quantitative estimate of drug-likeness (QED) is 0.113. The van der Waals surface area contributed by atoms with Crippen LogP contribution in [0.1, 0.15) is 116 Å². The Hall–Kier alpha value is -4.18. The summed E-state index contributed by atoms with van der Waals surface area (Å²) < 4.78 is 53.3. The predicted octanol–water partition coefficient (Wildman–Crippen LogP) is 2.55. The number of benzene rings is 2. The first-order chi connectivity index (χ1) is 30.2. The van der Waals surface area contributed by atoms with Gasteiger partial charge in [0.1, 0.15) is 41.5 Å². The molecule has 348 valence electrons. The number of ketones is 2. The van der Waals surface area contributed by atoms with E-state index in [0.29, 0.717) is 0 Å². The number of phenolic OH excluding ortho intramolecular Hbond substituents is 1. The smallest absolute Gasteiger partial charge is 0.345 e. The maximum Gasteiger partial charge on any atom is 0.345 e. The van der Waals surface area contributed by atoms with Gasteiger partial charge in [-0.2, -0.15) is 0 Å². The van der Waals surface area contributed by atoms with E-state index < -0.39 is 135 Å². The molecule has 0 radical (unpaired) electrons. The van der Waals surface area contributed by atoms with Crippen LogP contribution in [0.5, 0.6) is 5.75 Å². The first-order valence-electron chi connectivity index (χ1n) is 21.5. The Morgan fingerprint density at radius 2 is 1.50 bits per heavy atom. The number of hydrogen-bond donors (Lipinski definition) is 5. The average Bonchev–Trinajstić information content (AvgIpc) is 3.90. The van der Waals surface area contributed by atoms with E-state index in [1.807, 2.05) is 13.8 Å². The van der Waals surface area contributed by atoms with Crippen LogP contribution in [0.15, 0.2) is 33.5 Å². The van der Waals surface area contributed by atoms with E-state index in [1.165, 1.54) is 33.3 Å². The van der Waals surface area contributed by atoms with E-state index in [4.69, 9.17) is 42.3 Å². The van der Waals surface area contributed by atoms with Gasteiger partial charge in [0, 0.05) is 60.9 Å². The maximum absolute atomic E-state index is 15.1. The molecule has 3 unspecified atom stereocenters. The molecule has 3 aromatic rings. The molecule has 4 saturated heterocycles. The summed E-state index contributed by atoms with van der Waals surface area (Å²) in [5.41, 5.74) is -7.45. The summed E-state index contributed by atoms with van der Waals surface area (Å²) in [7, 11) is 5.65. The van der Waals surface area contributed by atoms with Crippen molar-refractivity contribution in [2.75, 3.05) is 28.4 Å². The van der Waals surface area contributed by atoms with Crippen LogP contribution in [0.3, 0.4) is 0 Å². The third-order valence-electron chi connectivity index (χ3n) is 14.4. The Labute approximate surface area is 369 Å². The third-order valence-corrected chi connectivity index (χ3v) is 14.4. The Bertz CT molecular complexity index is 2440. The van der Waals surface area contributed by atoms with Crippen LogP contribution < -0.4 is 10.7 Å². The first kappa shape index (κ1) is 46.4. The van der Waals surface area contributed by atoms with Gasteiger partial charge in [-0.25, -0.2) is 4.79 Å². The molecule has 5 aliphatic rings. The zero-order valence-electron chi connectivity index (χ0n) is 37.5. The molecule has 18 nitrogen and oxygen atoms in total. The molecule has 8 rings (SSSR count). The van der Waals surface area contributed by atoms with E-state index in [0.717, 1.165) is 19.2 Å². The molecular formula is C46H57NO17. The maximum atomic E-state index is 15.1. The second-order valence-electron chi connectivity index (χ2n) is 18.1. The number of ether oxygens (including phenoxy) is 8. The number of carbonyl (C=O) groups excluding carboxylic acids is 3. The van der Waals surface area contributed by atoms with Crippen LogP contribution in [0, 0.1) is 0 Å². The molecule has 4 aliphatic heterocycles. The van der Waals surface area contributed by atoms with Crippen molar-refractivity contribution in [1.29, 1.82) is 0 Å². The summed E-state index contributed by atoms with van der Waals surface area (Å²) >= 11 is 0. The van der Waals surface area contributed by atoms with Gasteiger partial charge in [-0.1, -0.05) is 6.07 Å². The highest BCUT2D eigenvalue weighted by Crippen LogP contribution is 2.50. The Kier molecular flexibility index (Phi) is 12.0. The number of aromatic hydroxyl groups is 1. The molecule has 15 atom stereocenters. The van der Waals surface area contributed by atoms with Crippen molar-refractivity contribution in [2.45, 2.75) is 151 Å². The van der Waals surface area contributed by atoms with Crippen molar-refractivity contribution in [2.24, 2.45) is 0 Å². The number of methoxy groups -OCH3 is 3. The fraction of sp³-hybridized carbons (Fsp3) is 0.609. The molecule has 64 heavy (non-hydrogen) atoms. The lowest BCUT2D eigenvalue weighted by molar-refractivity contribution is -0.293. The summed E-state index contributed by atoms with van der Waals surface area (Å²) in [4.78, 5) is 58.3. The van der Waals surface area contributed by atoms with Crippen LogP contribution in [0.2, 0.25) is 0 Å². The highest BCUT2D eigenvalue weighted by Gasteiger charge is 2.57. The van der Waals surface area contributed by atoms with Gasteiger partial charge < -0.3 is 68.1 Å². The minimum absolute atomic E-state index is 0.0160. The number of epoxide rings is 1. The lowest BCUT2D eigenvalue weighted by Gasteiger charge is -2.49. The van der Waals surface area contributed by atoms with Gasteiger partial charge in [0.2, 0.25) is 11.4 Å². The monoisotopic (exact) mass is 895 g/mol. The predicted molar refractivity (Wildman–Crippen MR) is 223 cm³/mol. The number of carbonyl (C=O) groups is 3. The largest absolute Gasteiger partial charge is 0.507 e. The minimum atomic E-state index is -2.82. The van der Waals surface area contributed by atoms with Gasteiger partial charge >= 0.3 is 5.97 Å². The van der Waals surface area contributed by atoms with Crippen molar-refractivity contribution in [3.63, 3.8) is 0 Å². The zero-order valence-corrected chi connectivity index (χ0v) is 37.5. The Morgan fingerprint density at radius 3 is 2.11 bits per heavy atom. The number of hydrogen-bond acceptors (Lipinski definition) is 18. The fourth-order valence-electron chi connectivity index (χ4n) is 10.1. The molecular weight excluding hydrogens is 838 g/mol. The molecule has 4 fully saturated rings. The van der Waals surface area contributed by atoms with Crippen LogP contribution in [-0.4, -0.2) is 139 Å². The number of phenols is 1. The van der Waals surface area contributed by atoms with Gasteiger partial charge in [0.25, 0.3) is 0 Å². The van der Waals surface area contributed by atoms with E-state index in [9.17, 15) is 34.8 Å². The first-order valence-corrected chi connectivity index (χ1v) is 21.5. The Morgan fingerprint density at radius 1 is 0.859 bits per heavy atom. The van der Waals surface area contributed by atoms with Crippen LogP contribution in [0.25, 0.3) is 11.0 Å². The molecule has 1 aliphatic carbocycles. The lowest BCUT2D eigenvalue weighted by Crippen LogP contribution is -2.62. The average molecular weight is 896 g/mol. The molecule has 0 spiro atoms. The summed E-state index contributed by atoms with van der Waals surface area (Å²) in [6.07, 6.45) is -9.37. The fourth-order valence-corrected chi connectivity index (χ4v) is 10.1. The number of esters is 1. The number of likely N-dealkylation sites (N-methyl/N-ethyl adjacent to an activating group) is 1. The van der Waals surface area contributed by atoms with Gasteiger partial charge in [-0.3, -0.25) is 14.4 Å². The second kappa shape index (κ2) is 16.6. The SMILES string of the molecule is CN[C@@]1(C)C[C@H](c2ccc3c(c2O)C(=O)c2c(cc(C(O)(C(=O)OC)[C@@H]4C[C@H](OC)[C@H](O)[C@@H](C)O4)c4c(=O)cc(C5(C)OC5C)oc24)C3=O)O[C@@H](C)[C@H]1O[C@@H]1C[C@H](OC)[C@H](O)[C@@H](C)O1. The van der Waals surface area contributed by atoms with Crippen LogP contribution >= 0.6 is 0 Å². The third kappa shape index (κ3) is 7.13. The number of aliphatic hydroxyl groups excluding tert-OH is 2. The molecule has 2 aromatic carbocycles. The molecule has 18 heteroatoms. The van der Waals surface area contributed by atoms with Gasteiger partial charge in [0.05, 0.1) is 66.4 Å². The molecule has 1 aromatic heterocycles. The van der Waals surface area contributed by atoms with Crippen molar-refractivity contribution < 1.29 is 77.1 Å². The number of aliphatic hydroxyl groups is 3. The summed E-state index contributed by atoms with van der Waals surface area (Å²) in [6.45, 7) is 10.4. The van der Waals surface area contributed by atoms with Crippen molar-refractivity contribution in [3.05, 3.63) is 73.6 Å². The summed E-state index contributed by atoms with van der Waals surface area (Å²) in [5, 5.41) is 49.0. The molecule has 0 saturated carbocycles. The minimum Gasteiger partial charge on any atom is -0.507 e. The molecule has 5 N–H and O–H groups in total. The topological polar surface area (TPSA) is 252 Å². The van der Waals surface area contributed by atoms with Crippen molar-refractivity contribution in [3.8, 4) is 5.75 Å². The van der Waals surface area contributed by atoms with Crippen LogP contribution in [0.4, 0.5) is 0 Å². The van der Waals surface area contributed by atoms with Crippen molar-refractivity contribution in [1.82, 2.24) is 5.32 Å². The molecule has 0 bridgehead atoms. The summed E-state index contributed by atoms with van der Waals surface area (Å²) in [5.74, 6) is -3.43. The zero-order chi connectivity index (χ0) is 46.5. The molecule has 0 amide bonds. The number of fused-ring (bicyclic) bond motifs is 4. The molecule has 5 heterocycles. The van der Waals surface area contributed by atoms with E-state index in [-0.39, 0.29) is 52.8 Å². The van der Waals surface area contributed by atoms with E-state index >= 15 is 4.79 Å². The highest BCUT2D eigenvalue weighted by atomic mass is 16.7. The van der Waals surface area contributed by atoms with Gasteiger partial charge in [-0.05, 0) is 67.1 Å². The van der Waals surface area contributed by atoms with E-state index in [2.05, 4.69) is 5.32 Å². The van der Waals surface area contributed by atoms with Gasteiger partial charge in [0.15, 0.2) is 23.1 Å². The lowest BCUT2D eigenvalue weighted by atomic mass is 9.75. The standard InChI is InChI=1S/C46H57NO17/c1-18-36(49)27(56-8)15-31(60-18)46(55,43(54)58-10)25-13-24-34(41-35(25)26(48)14-30(62-41)45(6)21(4)64-45)40(53)33-23(38(24)51)12-11-22(39(33)52)29-17-44(5,47-7)42(20(3)59-29)63-32-16-28(57-9)37(50)19(2)61-32/h11-14,18-21,27-29,31-32,36-37,42,47,49-50,52,55H,15-17H2,1-10H3/t18-,19-,20+,21?,27+,28+,29-,31+,32-,36-,37-,42-,44+,45?,46?/m1/s1. The highest BCUT2D eigenvalue weighted by molar-refractivity contribution is 6.32. The van der Waals surface area contributed by atoms with Crippen molar-refractivity contribution >= 4 is 28.5 Å². The number of rotatable bonds is 10. The van der Waals surface area contributed by atoms with E-state index in [1.54, 1.807) is 27.8 Å². The normalized spacial score (nSPS) is 37.1. The second-order valence-corrected chi connectivity index (χ2v) is 18.1.